The van der Waals surface area contributed by atoms with Crippen LogP contribution in [-0.4, -0.2) is 19.7 Å². The Labute approximate surface area is 199 Å². The fourth-order valence-corrected chi connectivity index (χ4v) is 4.51. The molecule has 2 aromatic heterocycles. The molecule has 8 heteroatoms. The standard InChI is InChI=1S/C25H19ClN4O2S/c1-16-10-12-17(13-11-16)14-30-24(31)19-7-3-5-9-21(19)27-25(30)33-15-22-28-29-23(32-22)18-6-2-4-8-20(18)26/h2-13H,14-15H2,1H3. The lowest BCUT2D eigenvalue weighted by Crippen LogP contribution is -2.24. The number of aromatic nitrogens is 4. The van der Waals surface area contributed by atoms with Crippen LogP contribution in [-0.2, 0) is 12.3 Å². The van der Waals surface area contributed by atoms with Crippen LogP contribution in [0.1, 0.15) is 17.0 Å². The zero-order chi connectivity index (χ0) is 22.8. The number of hydrogen-bond acceptors (Lipinski definition) is 6. The molecule has 0 radical (unpaired) electrons. The van der Waals surface area contributed by atoms with Gasteiger partial charge in [-0.2, -0.15) is 0 Å². The lowest BCUT2D eigenvalue weighted by atomic mass is 10.1. The molecule has 0 fully saturated rings. The topological polar surface area (TPSA) is 73.8 Å². The van der Waals surface area contributed by atoms with Crippen molar-refractivity contribution in [1.29, 1.82) is 0 Å². The Morgan fingerprint density at radius 3 is 2.55 bits per heavy atom. The zero-order valence-corrected chi connectivity index (χ0v) is 19.3. The van der Waals surface area contributed by atoms with Gasteiger partial charge in [0.05, 0.1) is 33.8 Å². The van der Waals surface area contributed by atoms with Crippen LogP contribution in [0.5, 0.6) is 0 Å². The summed E-state index contributed by atoms with van der Waals surface area (Å²) in [5.41, 5.74) is 3.46. The van der Waals surface area contributed by atoms with Crippen molar-refractivity contribution in [2.45, 2.75) is 24.4 Å². The minimum atomic E-state index is -0.0778. The van der Waals surface area contributed by atoms with E-state index in [1.165, 1.54) is 17.3 Å². The number of benzene rings is 3. The van der Waals surface area contributed by atoms with E-state index in [1.807, 2.05) is 67.6 Å². The lowest BCUT2D eigenvalue weighted by molar-refractivity contribution is 0.528. The Hall–Kier alpha value is -3.42. The van der Waals surface area contributed by atoms with Gasteiger partial charge in [-0.15, -0.1) is 10.2 Å². The minimum Gasteiger partial charge on any atom is -0.420 e. The second-order valence-electron chi connectivity index (χ2n) is 7.56. The van der Waals surface area contributed by atoms with Gasteiger partial charge in [-0.3, -0.25) is 9.36 Å². The average molecular weight is 475 g/mol. The predicted octanol–water partition coefficient (Wildman–Crippen LogP) is 5.75. The van der Waals surface area contributed by atoms with E-state index in [9.17, 15) is 4.79 Å². The van der Waals surface area contributed by atoms with E-state index in [-0.39, 0.29) is 5.56 Å². The van der Waals surface area contributed by atoms with Crippen LogP contribution in [0.15, 0.2) is 87.2 Å². The molecule has 0 unspecified atom stereocenters. The summed E-state index contributed by atoms with van der Waals surface area (Å²) >= 11 is 7.63. The Balaban J connectivity index is 1.46. The molecule has 0 N–H and O–H groups in total. The molecule has 5 rings (SSSR count). The molecule has 0 aliphatic rings. The normalized spacial score (nSPS) is 11.2. The highest BCUT2D eigenvalue weighted by molar-refractivity contribution is 7.98. The van der Waals surface area contributed by atoms with Crippen LogP contribution < -0.4 is 5.56 Å². The molecule has 3 aromatic carbocycles. The third kappa shape index (κ3) is 4.55. The summed E-state index contributed by atoms with van der Waals surface area (Å²) in [6, 6.07) is 22.8. The maximum absolute atomic E-state index is 13.3. The lowest BCUT2D eigenvalue weighted by Gasteiger charge is -2.13. The van der Waals surface area contributed by atoms with Crippen LogP contribution in [0.4, 0.5) is 0 Å². The monoisotopic (exact) mass is 474 g/mol. The van der Waals surface area contributed by atoms with Gasteiger partial charge in [0.2, 0.25) is 11.8 Å². The number of aryl methyl sites for hydroxylation is 1. The van der Waals surface area contributed by atoms with Crippen molar-refractivity contribution in [2.75, 3.05) is 0 Å². The zero-order valence-electron chi connectivity index (χ0n) is 17.7. The highest BCUT2D eigenvalue weighted by Gasteiger charge is 2.15. The number of nitrogens with zero attached hydrogens (tertiary/aromatic N) is 4. The number of hydrogen-bond donors (Lipinski definition) is 0. The van der Waals surface area contributed by atoms with E-state index < -0.39 is 0 Å². The first kappa shape index (κ1) is 21.4. The highest BCUT2D eigenvalue weighted by Crippen LogP contribution is 2.28. The molecule has 164 valence electrons. The van der Waals surface area contributed by atoms with Crippen molar-refractivity contribution >= 4 is 34.3 Å². The highest BCUT2D eigenvalue weighted by atomic mass is 35.5. The Kier molecular flexibility index (Phi) is 5.98. The Morgan fingerprint density at radius 1 is 0.970 bits per heavy atom. The van der Waals surface area contributed by atoms with E-state index >= 15 is 0 Å². The summed E-state index contributed by atoms with van der Waals surface area (Å²) in [4.78, 5) is 18.1. The third-order valence-electron chi connectivity index (χ3n) is 5.18. The molecule has 0 bridgehead atoms. The van der Waals surface area contributed by atoms with Gasteiger partial charge in [-0.25, -0.2) is 4.98 Å². The smallest absolute Gasteiger partial charge is 0.262 e. The van der Waals surface area contributed by atoms with Gasteiger partial charge in [-0.05, 0) is 36.8 Å². The SMILES string of the molecule is Cc1ccc(Cn2c(SCc3nnc(-c4ccccc4Cl)o3)nc3ccccc3c2=O)cc1. The van der Waals surface area contributed by atoms with Gasteiger partial charge >= 0.3 is 0 Å². The summed E-state index contributed by atoms with van der Waals surface area (Å²) < 4.78 is 7.52. The number of fused-ring (bicyclic) bond motifs is 1. The van der Waals surface area contributed by atoms with Gasteiger partial charge in [0.25, 0.3) is 5.56 Å². The molecule has 6 nitrogen and oxygen atoms in total. The van der Waals surface area contributed by atoms with Crippen LogP contribution in [0, 0.1) is 6.92 Å². The molecule has 0 amide bonds. The van der Waals surface area contributed by atoms with E-state index in [0.29, 0.717) is 50.7 Å². The maximum atomic E-state index is 13.3. The molecule has 0 spiro atoms. The molecule has 33 heavy (non-hydrogen) atoms. The van der Waals surface area contributed by atoms with E-state index in [2.05, 4.69) is 10.2 Å². The van der Waals surface area contributed by atoms with E-state index in [0.717, 1.165) is 5.56 Å². The fourth-order valence-electron chi connectivity index (χ4n) is 3.46. The van der Waals surface area contributed by atoms with Crippen molar-refractivity contribution in [3.8, 4) is 11.5 Å². The fraction of sp³-hybridized carbons (Fsp3) is 0.120. The first-order chi connectivity index (χ1) is 16.1. The van der Waals surface area contributed by atoms with Crippen molar-refractivity contribution in [1.82, 2.24) is 19.7 Å². The molecule has 5 aromatic rings. The van der Waals surface area contributed by atoms with Crippen LogP contribution in [0.3, 0.4) is 0 Å². The molecule has 0 aliphatic heterocycles. The summed E-state index contributed by atoms with van der Waals surface area (Å²) in [5, 5.41) is 10.00. The number of thioether (sulfide) groups is 1. The number of para-hydroxylation sites is 1. The largest absolute Gasteiger partial charge is 0.420 e. The van der Waals surface area contributed by atoms with E-state index in [1.54, 1.807) is 16.7 Å². The minimum absolute atomic E-state index is 0.0778. The summed E-state index contributed by atoms with van der Waals surface area (Å²) in [5.74, 6) is 1.16. The van der Waals surface area contributed by atoms with Gasteiger partial charge in [0.1, 0.15) is 0 Å². The maximum Gasteiger partial charge on any atom is 0.262 e. The van der Waals surface area contributed by atoms with Crippen molar-refractivity contribution < 1.29 is 4.42 Å². The molecule has 0 saturated heterocycles. The van der Waals surface area contributed by atoms with Crippen LogP contribution >= 0.6 is 23.4 Å². The van der Waals surface area contributed by atoms with Crippen molar-refractivity contribution in [3.63, 3.8) is 0 Å². The number of halogens is 1. The van der Waals surface area contributed by atoms with Crippen LogP contribution in [0.2, 0.25) is 5.02 Å². The van der Waals surface area contributed by atoms with Crippen molar-refractivity contribution in [3.05, 3.63) is 105 Å². The summed E-state index contributed by atoms with van der Waals surface area (Å²) in [7, 11) is 0. The summed E-state index contributed by atoms with van der Waals surface area (Å²) in [6.07, 6.45) is 0. The molecule has 0 saturated carbocycles. The third-order valence-corrected chi connectivity index (χ3v) is 6.47. The first-order valence-corrected chi connectivity index (χ1v) is 11.7. The average Bonchev–Trinajstić information content (AvgIpc) is 3.30. The summed E-state index contributed by atoms with van der Waals surface area (Å²) in [6.45, 7) is 2.46. The predicted molar refractivity (Wildman–Crippen MR) is 131 cm³/mol. The Bertz CT molecular complexity index is 1490. The first-order valence-electron chi connectivity index (χ1n) is 10.3. The Morgan fingerprint density at radius 2 is 1.73 bits per heavy atom. The van der Waals surface area contributed by atoms with Gasteiger partial charge < -0.3 is 4.42 Å². The second-order valence-corrected chi connectivity index (χ2v) is 8.91. The second kappa shape index (κ2) is 9.21. The van der Waals surface area contributed by atoms with Crippen molar-refractivity contribution in [2.24, 2.45) is 0 Å². The van der Waals surface area contributed by atoms with Gasteiger partial charge in [0.15, 0.2) is 5.16 Å². The molecule has 2 heterocycles. The van der Waals surface area contributed by atoms with Gasteiger partial charge in [-0.1, -0.05) is 77.5 Å². The molecular formula is C25H19ClN4O2S. The quantitative estimate of drug-likeness (QED) is 0.230. The number of rotatable bonds is 6. The van der Waals surface area contributed by atoms with Gasteiger partial charge in [0, 0.05) is 0 Å². The van der Waals surface area contributed by atoms with Crippen LogP contribution in [0.25, 0.3) is 22.4 Å². The van der Waals surface area contributed by atoms with E-state index in [4.69, 9.17) is 21.0 Å². The molecule has 0 atom stereocenters. The molecular weight excluding hydrogens is 456 g/mol. The molecule has 0 aliphatic carbocycles.